The molecule has 0 unspecified atom stereocenters. The number of aromatic hydroxyl groups is 1. The Morgan fingerprint density at radius 3 is 2.42 bits per heavy atom. The number of nitrogens with zero attached hydrogens (tertiary/aromatic N) is 2. The second kappa shape index (κ2) is 9.92. The number of methoxy groups -OCH3 is 1. The van der Waals surface area contributed by atoms with Gasteiger partial charge < -0.3 is 15.6 Å². The van der Waals surface area contributed by atoms with Crippen LogP contribution in [0.25, 0.3) is 6.08 Å². The molecule has 2 aliphatic carbocycles. The van der Waals surface area contributed by atoms with Gasteiger partial charge in [-0.1, -0.05) is 29.9 Å². The number of hydrogen-bond acceptors (Lipinski definition) is 7. The number of phenolic OH excluding ortho intramolecular Hbond substituents is 1. The molecule has 0 radical (unpaired) electrons. The summed E-state index contributed by atoms with van der Waals surface area (Å²) in [5, 5.41) is 10.0. The average molecular weight is 628 g/mol. The number of ether oxygens (including phenoxy) is 1. The molecule has 2 aromatic rings. The van der Waals surface area contributed by atoms with Crippen LogP contribution in [-0.2, 0) is 19.2 Å². The van der Waals surface area contributed by atoms with Gasteiger partial charge in [-0.15, -0.1) is 23.2 Å². The van der Waals surface area contributed by atoms with Crippen molar-refractivity contribution in [1.29, 1.82) is 0 Å². The first-order valence-corrected chi connectivity index (χ1v) is 14.1. The molecule has 3 fully saturated rings. The Labute approximate surface area is 254 Å². The van der Waals surface area contributed by atoms with Crippen LogP contribution in [0.5, 0.6) is 11.5 Å². The van der Waals surface area contributed by atoms with E-state index in [2.05, 4.69) is 0 Å². The number of primary amides is 1. The summed E-state index contributed by atoms with van der Waals surface area (Å²) < 4.78 is 18.9. The van der Waals surface area contributed by atoms with E-state index in [1.165, 1.54) is 25.3 Å². The summed E-state index contributed by atoms with van der Waals surface area (Å²) in [5.74, 6) is -7.65. The lowest BCUT2D eigenvalue weighted by Crippen LogP contribution is -2.60. The number of urea groups is 1. The average Bonchev–Trinajstić information content (AvgIpc) is 3.32. The normalized spacial score (nSPS) is 31.7. The summed E-state index contributed by atoms with van der Waals surface area (Å²) >= 11 is 14.4. The molecular weight excluding hydrogens is 604 g/mol. The third kappa shape index (κ3) is 3.94. The first kappa shape index (κ1) is 28.9. The van der Waals surface area contributed by atoms with E-state index < -0.39 is 68.9 Å². The standard InChI is InChI=1S/C30H24Cl2FN3O7/c1-43-22-12-14(3-11-21(22)37)2-10-20-17-8-9-18-23(25(39)36(24(18)38)28(34)42)19(17)13-29(31)26(40)35(27(41)30(20,29)32)16-6-4-15(33)5-7-16/h2-8,10-12,18-20,23,37H,9,13H2,1H3,(H2,34,42)/t18-,19+,20-,23-,29+,30-/m0/s1. The maximum atomic E-state index is 14.2. The lowest BCUT2D eigenvalue weighted by atomic mass is 9.57. The molecule has 6 amide bonds. The highest BCUT2D eigenvalue weighted by molar-refractivity contribution is 6.58. The van der Waals surface area contributed by atoms with Crippen LogP contribution in [0.2, 0.25) is 0 Å². The third-order valence-corrected chi connectivity index (χ3v) is 10.3. The van der Waals surface area contributed by atoms with Crippen molar-refractivity contribution < 1.29 is 38.2 Å². The number of alkyl halides is 2. The number of rotatable bonds is 4. The minimum absolute atomic E-state index is 0.0544. The van der Waals surface area contributed by atoms with Gasteiger partial charge in [0.15, 0.2) is 21.2 Å². The fraction of sp³-hybridized carbons (Fsp3) is 0.300. The summed E-state index contributed by atoms with van der Waals surface area (Å²) in [7, 11) is 1.38. The lowest BCUT2D eigenvalue weighted by Gasteiger charge is -2.49. The first-order chi connectivity index (χ1) is 20.3. The number of anilines is 1. The van der Waals surface area contributed by atoms with E-state index in [4.69, 9.17) is 33.7 Å². The fourth-order valence-corrected chi connectivity index (χ4v) is 7.76. The highest BCUT2D eigenvalue weighted by atomic mass is 35.5. The molecule has 43 heavy (non-hydrogen) atoms. The zero-order valence-electron chi connectivity index (χ0n) is 22.5. The van der Waals surface area contributed by atoms with Crippen LogP contribution in [0.15, 0.2) is 60.2 Å². The number of halogens is 3. The van der Waals surface area contributed by atoms with Crippen LogP contribution in [0.1, 0.15) is 18.4 Å². The molecule has 0 spiro atoms. The molecule has 222 valence electrons. The van der Waals surface area contributed by atoms with Gasteiger partial charge in [-0.05, 0) is 60.7 Å². The summed E-state index contributed by atoms with van der Waals surface area (Å²) in [4.78, 5) is 63.7. The van der Waals surface area contributed by atoms with Crippen molar-refractivity contribution in [2.24, 2.45) is 29.4 Å². The van der Waals surface area contributed by atoms with Crippen LogP contribution >= 0.6 is 23.2 Å². The topological polar surface area (TPSA) is 147 Å². The predicted molar refractivity (Wildman–Crippen MR) is 152 cm³/mol. The van der Waals surface area contributed by atoms with Gasteiger partial charge in [0.1, 0.15) is 5.82 Å². The maximum Gasteiger partial charge on any atom is 0.328 e. The number of carbonyl (C=O) groups is 5. The molecule has 6 atom stereocenters. The minimum atomic E-state index is -2.10. The lowest BCUT2D eigenvalue weighted by molar-refractivity contribution is -0.136. The molecule has 3 N–H and O–H groups in total. The van der Waals surface area contributed by atoms with E-state index >= 15 is 0 Å². The van der Waals surface area contributed by atoms with E-state index in [0.717, 1.165) is 17.0 Å². The monoisotopic (exact) mass is 627 g/mol. The van der Waals surface area contributed by atoms with Gasteiger partial charge in [0.05, 0.1) is 24.6 Å². The Kier molecular flexibility index (Phi) is 6.66. The number of allylic oxidation sites excluding steroid dienone is 3. The number of nitrogens with two attached hydrogens (primary N) is 1. The van der Waals surface area contributed by atoms with E-state index in [1.807, 2.05) is 0 Å². The second-order valence-corrected chi connectivity index (χ2v) is 12.2. The molecule has 4 aliphatic rings. The highest BCUT2D eigenvalue weighted by Gasteiger charge is 2.76. The molecule has 10 nitrogen and oxygen atoms in total. The summed E-state index contributed by atoms with van der Waals surface area (Å²) in [6.07, 6.45) is 4.66. The molecule has 6 rings (SSSR count). The third-order valence-electron chi connectivity index (χ3n) is 8.86. The van der Waals surface area contributed by atoms with Gasteiger partial charge in [0, 0.05) is 5.92 Å². The Hall–Kier alpha value is -4.22. The van der Waals surface area contributed by atoms with Crippen LogP contribution in [0, 0.1) is 29.5 Å². The van der Waals surface area contributed by atoms with Gasteiger partial charge in [0.25, 0.3) is 11.8 Å². The van der Waals surface area contributed by atoms with E-state index in [0.29, 0.717) is 16.0 Å². The predicted octanol–water partition coefficient (Wildman–Crippen LogP) is 3.73. The van der Waals surface area contributed by atoms with Gasteiger partial charge in [-0.2, -0.15) is 4.90 Å². The molecule has 2 saturated heterocycles. The number of amides is 6. The van der Waals surface area contributed by atoms with E-state index in [-0.39, 0.29) is 30.0 Å². The largest absolute Gasteiger partial charge is 0.504 e. The molecule has 1 saturated carbocycles. The van der Waals surface area contributed by atoms with Crippen molar-refractivity contribution in [3.63, 3.8) is 0 Å². The number of imide groups is 4. The SMILES string of the molecule is COc1cc(C=C[C@H]2C3=CC[C@@H]4C(=O)N(C(N)=O)C(=O)[C@@H]4[C@@H]3C[C@@]3(Cl)C(=O)N(c4ccc(F)cc4)C(=O)[C@@]23Cl)ccc1O. The maximum absolute atomic E-state index is 14.2. The highest BCUT2D eigenvalue weighted by Crippen LogP contribution is 2.63. The van der Waals surface area contributed by atoms with Crippen molar-refractivity contribution >= 4 is 64.6 Å². The molecule has 0 bridgehead atoms. The number of hydrogen-bond donors (Lipinski definition) is 2. The van der Waals surface area contributed by atoms with Crippen molar-refractivity contribution in [1.82, 2.24) is 4.90 Å². The van der Waals surface area contributed by atoms with Crippen LogP contribution in [0.3, 0.4) is 0 Å². The Morgan fingerprint density at radius 1 is 1.07 bits per heavy atom. The Bertz CT molecular complexity index is 1680. The van der Waals surface area contributed by atoms with E-state index in [1.54, 1.807) is 30.4 Å². The molecule has 2 heterocycles. The van der Waals surface area contributed by atoms with Gasteiger partial charge in [-0.3, -0.25) is 19.2 Å². The molecule has 0 aromatic heterocycles. The zero-order valence-corrected chi connectivity index (χ0v) is 24.0. The number of fused-ring (bicyclic) bond motifs is 4. The van der Waals surface area contributed by atoms with Gasteiger partial charge >= 0.3 is 6.03 Å². The quantitative estimate of drug-likeness (QED) is 0.298. The first-order valence-electron chi connectivity index (χ1n) is 13.3. The number of carbonyl (C=O) groups excluding carboxylic acids is 5. The van der Waals surface area contributed by atoms with Crippen molar-refractivity contribution in [2.75, 3.05) is 12.0 Å². The zero-order chi connectivity index (χ0) is 31.0. The Morgan fingerprint density at radius 2 is 1.77 bits per heavy atom. The van der Waals surface area contributed by atoms with Crippen molar-refractivity contribution in [3.05, 3.63) is 71.6 Å². The molecule has 13 heteroatoms. The number of phenols is 1. The summed E-state index contributed by atoms with van der Waals surface area (Å²) in [5.41, 5.74) is 6.46. The molecular formula is C30H24Cl2FN3O7. The smallest absolute Gasteiger partial charge is 0.328 e. The molecule has 2 aromatic carbocycles. The van der Waals surface area contributed by atoms with Gasteiger partial charge in [-0.25, -0.2) is 14.1 Å². The fourth-order valence-electron chi connectivity index (χ4n) is 6.87. The van der Waals surface area contributed by atoms with Crippen molar-refractivity contribution in [2.45, 2.75) is 22.6 Å². The molecule has 2 aliphatic heterocycles. The minimum Gasteiger partial charge on any atom is -0.504 e. The number of benzene rings is 2. The Balaban J connectivity index is 1.51. The second-order valence-electron chi connectivity index (χ2n) is 10.9. The summed E-state index contributed by atoms with van der Waals surface area (Å²) in [6.45, 7) is 0. The number of likely N-dealkylation sites (tertiary alicyclic amines) is 1. The van der Waals surface area contributed by atoms with Crippen LogP contribution in [0.4, 0.5) is 14.9 Å². The van der Waals surface area contributed by atoms with Gasteiger partial charge in [0.2, 0.25) is 11.8 Å². The van der Waals surface area contributed by atoms with Crippen LogP contribution < -0.4 is 15.4 Å². The van der Waals surface area contributed by atoms with Crippen molar-refractivity contribution in [3.8, 4) is 11.5 Å². The summed E-state index contributed by atoms with van der Waals surface area (Å²) in [6, 6.07) is 8.02. The van der Waals surface area contributed by atoms with Crippen LogP contribution in [-0.4, -0.2) is 56.5 Å². The van der Waals surface area contributed by atoms with E-state index in [9.17, 15) is 33.5 Å².